The molecule has 1 aliphatic heterocycles. The third-order valence-corrected chi connectivity index (χ3v) is 2.63. The second-order valence-electron chi connectivity index (χ2n) is 3.43. The number of rotatable bonds is 2. The van der Waals surface area contributed by atoms with E-state index < -0.39 is 0 Å². The Bertz CT molecular complexity index is 254. The molecule has 2 N–H and O–H groups in total. The molecule has 3 heteroatoms. The van der Waals surface area contributed by atoms with Crippen LogP contribution in [0.1, 0.15) is 30.9 Å². The van der Waals surface area contributed by atoms with E-state index in [0.717, 1.165) is 19.5 Å². The van der Waals surface area contributed by atoms with E-state index in [-0.39, 0.29) is 0 Å². The molecule has 2 rings (SSSR count). The molecule has 1 unspecified atom stereocenters. The lowest BCUT2D eigenvalue weighted by atomic mass is 9.93. The highest BCUT2D eigenvalue weighted by atomic mass is 15.1. The van der Waals surface area contributed by atoms with E-state index in [4.69, 9.17) is 5.73 Å². The Balaban J connectivity index is 2.19. The van der Waals surface area contributed by atoms with Gasteiger partial charge in [-0.05, 0) is 25.8 Å². The molecular formula is C9H15N3. The number of hydrogen-bond acceptors (Lipinski definition) is 2. The predicted octanol–water partition coefficient (Wildman–Crippen LogP) is 1.11. The molecule has 0 spiro atoms. The number of aromatic nitrogens is 2. The van der Waals surface area contributed by atoms with Crippen LogP contribution in [-0.4, -0.2) is 16.1 Å². The zero-order chi connectivity index (χ0) is 8.39. The number of imidazole rings is 1. The number of fused-ring (bicyclic) bond motifs is 1. The summed E-state index contributed by atoms with van der Waals surface area (Å²) in [5, 5.41) is 0. The maximum absolute atomic E-state index is 5.56. The van der Waals surface area contributed by atoms with Crippen LogP contribution in [0.15, 0.2) is 12.5 Å². The van der Waals surface area contributed by atoms with Gasteiger partial charge >= 0.3 is 0 Å². The fourth-order valence-electron chi connectivity index (χ4n) is 2.01. The Morgan fingerprint density at radius 1 is 1.67 bits per heavy atom. The summed E-state index contributed by atoms with van der Waals surface area (Å²) in [5.74, 6) is 0.659. The lowest BCUT2D eigenvalue weighted by Crippen LogP contribution is -2.17. The molecule has 0 radical (unpaired) electrons. The predicted molar refractivity (Wildman–Crippen MR) is 47.9 cm³/mol. The summed E-state index contributed by atoms with van der Waals surface area (Å²) in [6, 6.07) is 0. The van der Waals surface area contributed by atoms with Crippen molar-refractivity contribution in [2.75, 3.05) is 6.54 Å². The summed E-state index contributed by atoms with van der Waals surface area (Å²) in [6.07, 6.45) is 7.57. The third-order valence-electron chi connectivity index (χ3n) is 2.63. The van der Waals surface area contributed by atoms with Gasteiger partial charge in [0.1, 0.15) is 0 Å². The number of hydrogen-bond donors (Lipinski definition) is 1. The van der Waals surface area contributed by atoms with Gasteiger partial charge in [-0.3, -0.25) is 0 Å². The van der Waals surface area contributed by atoms with Crippen molar-refractivity contribution in [2.24, 2.45) is 5.73 Å². The Labute approximate surface area is 72.6 Å². The normalized spacial score (nSPS) is 22.2. The molecule has 1 aromatic heterocycles. The van der Waals surface area contributed by atoms with E-state index in [2.05, 4.69) is 9.55 Å². The number of aryl methyl sites for hydroxylation is 1. The number of nitrogens with zero attached hydrogens (tertiary/aromatic N) is 2. The Morgan fingerprint density at radius 2 is 2.58 bits per heavy atom. The molecule has 12 heavy (non-hydrogen) atoms. The fourth-order valence-corrected chi connectivity index (χ4v) is 2.01. The molecule has 66 valence electrons. The second-order valence-corrected chi connectivity index (χ2v) is 3.43. The standard InChI is InChI=1S/C9H15N3/c10-4-3-8-2-1-5-12-7-11-6-9(8)12/h6-8H,1-5,10H2. The van der Waals surface area contributed by atoms with Crippen molar-refractivity contribution in [1.82, 2.24) is 9.55 Å². The van der Waals surface area contributed by atoms with Crippen molar-refractivity contribution in [3.8, 4) is 0 Å². The topological polar surface area (TPSA) is 43.8 Å². The van der Waals surface area contributed by atoms with Gasteiger partial charge in [0.05, 0.1) is 6.33 Å². The van der Waals surface area contributed by atoms with Crippen molar-refractivity contribution >= 4 is 0 Å². The van der Waals surface area contributed by atoms with Crippen LogP contribution in [0.2, 0.25) is 0 Å². The minimum atomic E-state index is 0.659. The minimum absolute atomic E-state index is 0.659. The molecule has 0 bridgehead atoms. The summed E-state index contributed by atoms with van der Waals surface area (Å²) in [4.78, 5) is 4.16. The smallest absolute Gasteiger partial charge is 0.0948 e. The van der Waals surface area contributed by atoms with Gasteiger partial charge < -0.3 is 10.3 Å². The summed E-state index contributed by atoms with van der Waals surface area (Å²) in [5.41, 5.74) is 6.94. The molecule has 0 aromatic carbocycles. The first-order valence-corrected chi connectivity index (χ1v) is 4.62. The van der Waals surface area contributed by atoms with E-state index >= 15 is 0 Å². The molecule has 0 saturated heterocycles. The van der Waals surface area contributed by atoms with Crippen molar-refractivity contribution in [2.45, 2.75) is 31.7 Å². The molecule has 0 amide bonds. The highest BCUT2D eigenvalue weighted by Gasteiger charge is 2.18. The van der Waals surface area contributed by atoms with Crippen molar-refractivity contribution in [1.29, 1.82) is 0 Å². The van der Waals surface area contributed by atoms with E-state index in [0.29, 0.717) is 5.92 Å². The molecule has 1 aromatic rings. The van der Waals surface area contributed by atoms with E-state index in [1.807, 2.05) is 12.5 Å². The molecule has 0 saturated carbocycles. The van der Waals surface area contributed by atoms with Gasteiger partial charge in [0.15, 0.2) is 0 Å². The summed E-state index contributed by atoms with van der Waals surface area (Å²) < 4.78 is 2.25. The maximum atomic E-state index is 5.56. The van der Waals surface area contributed by atoms with Crippen LogP contribution in [0.25, 0.3) is 0 Å². The molecule has 1 aliphatic rings. The quantitative estimate of drug-likeness (QED) is 0.713. The van der Waals surface area contributed by atoms with Gasteiger partial charge in [0.25, 0.3) is 0 Å². The molecule has 0 fully saturated rings. The summed E-state index contributed by atoms with van der Waals surface area (Å²) >= 11 is 0. The van der Waals surface area contributed by atoms with Gasteiger partial charge in [-0.1, -0.05) is 0 Å². The Morgan fingerprint density at radius 3 is 3.42 bits per heavy atom. The highest BCUT2D eigenvalue weighted by molar-refractivity contribution is 5.08. The van der Waals surface area contributed by atoms with Crippen LogP contribution >= 0.6 is 0 Å². The van der Waals surface area contributed by atoms with Gasteiger partial charge in [0, 0.05) is 24.4 Å². The summed E-state index contributed by atoms with van der Waals surface area (Å²) in [6.45, 7) is 1.92. The Kier molecular flexibility index (Phi) is 2.13. The van der Waals surface area contributed by atoms with Gasteiger partial charge in [0.2, 0.25) is 0 Å². The van der Waals surface area contributed by atoms with Crippen molar-refractivity contribution < 1.29 is 0 Å². The average Bonchev–Trinajstić information content (AvgIpc) is 2.53. The molecule has 1 atom stereocenters. The average molecular weight is 165 g/mol. The van der Waals surface area contributed by atoms with E-state index in [1.165, 1.54) is 18.5 Å². The second kappa shape index (κ2) is 3.27. The maximum Gasteiger partial charge on any atom is 0.0948 e. The van der Waals surface area contributed by atoms with E-state index in [9.17, 15) is 0 Å². The minimum Gasteiger partial charge on any atom is -0.334 e. The number of nitrogens with two attached hydrogens (primary N) is 1. The van der Waals surface area contributed by atoms with Crippen molar-refractivity contribution in [3.63, 3.8) is 0 Å². The van der Waals surface area contributed by atoms with Crippen LogP contribution < -0.4 is 5.73 Å². The Hall–Kier alpha value is -0.830. The zero-order valence-electron chi connectivity index (χ0n) is 7.24. The first kappa shape index (κ1) is 7.80. The molecule has 3 nitrogen and oxygen atoms in total. The van der Waals surface area contributed by atoms with Crippen molar-refractivity contribution in [3.05, 3.63) is 18.2 Å². The van der Waals surface area contributed by atoms with Gasteiger partial charge in [-0.15, -0.1) is 0 Å². The zero-order valence-corrected chi connectivity index (χ0v) is 7.24. The first-order valence-electron chi connectivity index (χ1n) is 4.62. The van der Waals surface area contributed by atoms with E-state index in [1.54, 1.807) is 0 Å². The highest BCUT2D eigenvalue weighted by Crippen LogP contribution is 2.28. The lowest BCUT2D eigenvalue weighted by molar-refractivity contribution is 0.439. The first-order chi connectivity index (χ1) is 5.92. The van der Waals surface area contributed by atoms with Gasteiger partial charge in [-0.25, -0.2) is 4.98 Å². The monoisotopic (exact) mass is 165 g/mol. The molecular weight excluding hydrogens is 150 g/mol. The van der Waals surface area contributed by atoms with Crippen LogP contribution in [-0.2, 0) is 6.54 Å². The molecule has 0 aliphatic carbocycles. The van der Waals surface area contributed by atoms with Crippen LogP contribution in [0.5, 0.6) is 0 Å². The fraction of sp³-hybridized carbons (Fsp3) is 0.667. The van der Waals surface area contributed by atoms with Crippen LogP contribution in [0.4, 0.5) is 0 Å². The third kappa shape index (κ3) is 1.25. The molecule has 2 heterocycles. The van der Waals surface area contributed by atoms with Gasteiger partial charge in [-0.2, -0.15) is 0 Å². The SMILES string of the molecule is NCCC1CCCn2cncc21. The summed E-state index contributed by atoms with van der Waals surface area (Å²) in [7, 11) is 0. The van der Waals surface area contributed by atoms with Crippen LogP contribution in [0, 0.1) is 0 Å². The van der Waals surface area contributed by atoms with Crippen LogP contribution in [0.3, 0.4) is 0 Å². The largest absolute Gasteiger partial charge is 0.334 e. The lowest BCUT2D eigenvalue weighted by Gasteiger charge is -2.23.